The van der Waals surface area contributed by atoms with Crippen molar-refractivity contribution in [1.82, 2.24) is 0 Å². The SMILES string of the molecule is O=C=NC1(c2ccc3c(c2O)OCO3)CCC1. The summed E-state index contributed by atoms with van der Waals surface area (Å²) in [6.07, 6.45) is 4.07. The van der Waals surface area contributed by atoms with Gasteiger partial charge in [0.25, 0.3) is 0 Å². The Bertz CT molecular complexity index is 515. The Morgan fingerprint density at radius 2 is 2.18 bits per heavy atom. The van der Waals surface area contributed by atoms with E-state index in [1.54, 1.807) is 18.2 Å². The highest BCUT2D eigenvalue weighted by Crippen LogP contribution is 2.52. The lowest BCUT2D eigenvalue weighted by molar-refractivity contribution is 0.170. The second-order valence-corrected chi connectivity index (χ2v) is 4.28. The van der Waals surface area contributed by atoms with E-state index in [0.717, 1.165) is 19.3 Å². The molecule has 0 atom stereocenters. The van der Waals surface area contributed by atoms with E-state index in [1.807, 2.05) is 0 Å². The number of benzene rings is 1. The van der Waals surface area contributed by atoms with Crippen molar-refractivity contribution >= 4 is 6.08 Å². The molecule has 88 valence electrons. The number of aliphatic imine (C=N–C) groups is 1. The number of ether oxygens (including phenoxy) is 2. The highest BCUT2D eigenvalue weighted by atomic mass is 16.7. The third kappa shape index (κ3) is 1.33. The highest BCUT2D eigenvalue weighted by Gasteiger charge is 2.42. The van der Waals surface area contributed by atoms with Crippen LogP contribution in [-0.2, 0) is 10.3 Å². The molecule has 1 heterocycles. The van der Waals surface area contributed by atoms with E-state index in [0.29, 0.717) is 17.1 Å². The number of fused-ring (bicyclic) bond motifs is 1. The lowest BCUT2D eigenvalue weighted by atomic mass is 9.72. The summed E-state index contributed by atoms with van der Waals surface area (Å²) in [7, 11) is 0. The molecule has 0 unspecified atom stereocenters. The van der Waals surface area contributed by atoms with E-state index >= 15 is 0 Å². The Kier molecular flexibility index (Phi) is 2.09. The molecular formula is C12H11NO4. The van der Waals surface area contributed by atoms with Gasteiger partial charge >= 0.3 is 0 Å². The van der Waals surface area contributed by atoms with Crippen molar-refractivity contribution in [2.24, 2.45) is 4.99 Å². The summed E-state index contributed by atoms with van der Waals surface area (Å²) >= 11 is 0. The van der Waals surface area contributed by atoms with E-state index in [4.69, 9.17) is 9.47 Å². The molecule has 1 aromatic rings. The molecule has 1 aromatic carbocycles. The molecule has 1 saturated carbocycles. The highest BCUT2D eigenvalue weighted by molar-refractivity contribution is 5.59. The maximum Gasteiger partial charge on any atom is 0.235 e. The van der Waals surface area contributed by atoms with Crippen molar-refractivity contribution in [3.63, 3.8) is 0 Å². The number of rotatable bonds is 2. The average molecular weight is 233 g/mol. The molecule has 1 fully saturated rings. The van der Waals surface area contributed by atoms with Crippen LogP contribution in [0.2, 0.25) is 0 Å². The fourth-order valence-electron chi connectivity index (χ4n) is 2.37. The molecule has 0 amide bonds. The van der Waals surface area contributed by atoms with Gasteiger partial charge in [0, 0.05) is 5.56 Å². The normalized spacial score (nSPS) is 19.3. The van der Waals surface area contributed by atoms with E-state index in [1.165, 1.54) is 0 Å². The zero-order valence-corrected chi connectivity index (χ0v) is 9.10. The molecule has 0 bridgehead atoms. The first-order chi connectivity index (χ1) is 8.27. The van der Waals surface area contributed by atoms with Crippen LogP contribution < -0.4 is 9.47 Å². The topological polar surface area (TPSA) is 68.1 Å². The van der Waals surface area contributed by atoms with Crippen LogP contribution in [-0.4, -0.2) is 18.0 Å². The molecule has 0 aromatic heterocycles. The predicted molar refractivity (Wildman–Crippen MR) is 57.9 cm³/mol. The zero-order valence-electron chi connectivity index (χ0n) is 9.10. The van der Waals surface area contributed by atoms with Crippen LogP contribution >= 0.6 is 0 Å². The minimum absolute atomic E-state index is 0.0266. The summed E-state index contributed by atoms with van der Waals surface area (Å²) in [6, 6.07) is 3.47. The third-order valence-corrected chi connectivity index (χ3v) is 3.45. The van der Waals surface area contributed by atoms with Crippen LogP contribution in [0, 0.1) is 0 Å². The first-order valence-electron chi connectivity index (χ1n) is 5.48. The van der Waals surface area contributed by atoms with Gasteiger partial charge in [-0.15, -0.1) is 0 Å². The van der Waals surface area contributed by atoms with Gasteiger partial charge in [0.15, 0.2) is 11.5 Å². The molecule has 1 N–H and O–H groups in total. The summed E-state index contributed by atoms with van der Waals surface area (Å²) in [5.74, 6) is 0.893. The van der Waals surface area contributed by atoms with Gasteiger partial charge in [-0.1, -0.05) is 0 Å². The van der Waals surface area contributed by atoms with Crippen LogP contribution in [0.15, 0.2) is 17.1 Å². The van der Waals surface area contributed by atoms with Gasteiger partial charge in [0.2, 0.25) is 18.6 Å². The Morgan fingerprint density at radius 3 is 2.82 bits per heavy atom. The zero-order chi connectivity index (χ0) is 11.9. The molecule has 0 saturated heterocycles. The summed E-state index contributed by atoms with van der Waals surface area (Å²) in [4.78, 5) is 14.4. The van der Waals surface area contributed by atoms with Crippen LogP contribution in [0.5, 0.6) is 17.2 Å². The first-order valence-corrected chi connectivity index (χ1v) is 5.48. The number of isocyanates is 1. The Labute approximate surface area is 97.7 Å². The molecular weight excluding hydrogens is 222 g/mol. The quantitative estimate of drug-likeness (QED) is 0.625. The van der Waals surface area contributed by atoms with Crippen molar-refractivity contribution in [2.75, 3.05) is 6.79 Å². The molecule has 5 nitrogen and oxygen atoms in total. The van der Waals surface area contributed by atoms with Crippen LogP contribution in [0.25, 0.3) is 0 Å². The van der Waals surface area contributed by atoms with Crippen LogP contribution in [0.4, 0.5) is 0 Å². The summed E-state index contributed by atoms with van der Waals surface area (Å²) < 4.78 is 10.4. The summed E-state index contributed by atoms with van der Waals surface area (Å²) in [5.41, 5.74) is 0.00338. The fourth-order valence-corrected chi connectivity index (χ4v) is 2.37. The molecule has 17 heavy (non-hydrogen) atoms. The van der Waals surface area contributed by atoms with Gasteiger partial charge in [-0.05, 0) is 31.4 Å². The van der Waals surface area contributed by atoms with Gasteiger partial charge in [0.1, 0.15) is 5.54 Å². The monoisotopic (exact) mass is 233 g/mol. The summed E-state index contributed by atoms with van der Waals surface area (Å²) in [6.45, 7) is 0.107. The third-order valence-electron chi connectivity index (χ3n) is 3.45. The van der Waals surface area contributed by atoms with E-state index in [2.05, 4.69) is 4.99 Å². The average Bonchev–Trinajstić information content (AvgIpc) is 2.74. The van der Waals surface area contributed by atoms with Gasteiger partial charge in [-0.3, -0.25) is 0 Å². The van der Waals surface area contributed by atoms with Crippen molar-refractivity contribution < 1.29 is 19.4 Å². The first kappa shape index (κ1) is 10.2. The van der Waals surface area contributed by atoms with Crippen molar-refractivity contribution in [3.8, 4) is 17.2 Å². The molecule has 1 aliphatic heterocycles. The Morgan fingerprint density at radius 1 is 1.35 bits per heavy atom. The number of hydrogen-bond acceptors (Lipinski definition) is 5. The maximum absolute atomic E-state index is 10.5. The van der Waals surface area contributed by atoms with E-state index in [9.17, 15) is 9.90 Å². The molecule has 5 heteroatoms. The van der Waals surface area contributed by atoms with Crippen LogP contribution in [0.3, 0.4) is 0 Å². The van der Waals surface area contributed by atoms with Crippen molar-refractivity contribution in [3.05, 3.63) is 17.7 Å². The molecule has 2 aliphatic rings. The molecule has 0 radical (unpaired) electrons. The number of phenols is 1. The molecule has 1 aliphatic carbocycles. The number of carbonyl (C=O) groups excluding carboxylic acids is 1. The molecule has 3 rings (SSSR count). The van der Waals surface area contributed by atoms with E-state index < -0.39 is 5.54 Å². The Balaban J connectivity index is 2.12. The van der Waals surface area contributed by atoms with E-state index in [-0.39, 0.29) is 12.5 Å². The lowest BCUT2D eigenvalue weighted by Gasteiger charge is -2.37. The van der Waals surface area contributed by atoms with Crippen molar-refractivity contribution in [2.45, 2.75) is 24.8 Å². The second kappa shape index (κ2) is 3.50. The number of hydrogen-bond donors (Lipinski definition) is 1. The second-order valence-electron chi connectivity index (χ2n) is 4.28. The van der Waals surface area contributed by atoms with Gasteiger partial charge < -0.3 is 14.6 Å². The predicted octanol–water partition coefficient (Wildman–Crippen LogP) is 1.84. The largest absolute Gasteiger partial charge is 0.504 e. The smallest absolute Gasteiger partial charge is 0.235 e. The number of phenolic OH excluding ortho intramolecular Hbond substituents is 1. The maximum atomic E-state index is 10.5. The van der Waals surface area contributed by atoms with Crippen molar-refractivity contribution in [1.29, 1.82) is 0 Å². The number of nitrogens with zero attached hydrogens (tertiary/aromatic N) is 1. The standard InChI is InChI=1S/C12H11NO4/c14-6-13-12(4-1-5-12)8-2-3-9-11(10(8)15)17-7-16-9/h2-3,15H,1,4-5,7H2. The van der Waals surface area contributed by atoms with Gasteiger partial charge in [-0.2, -0.15) is 4.99 Å². The number of aromatic hydroxyl groups is 1. The lowest BCUT2D eigenvalue weighted by Crippen LogP contribution is -2.31. The Hall–Kier alpha value is -2.00. The minimum Gasteiger partial charge on any atom is -0.504 e. The fraction of sp³-hybridized carbons (Fsp3) is 0.417. The minimum atomic E-state index is -0.618. The van der Waals surface area contributed by atoms with Gasteiger partial charge in [0.05, 0.1) is 0 Å². The van der Waals surface area contributed by atoms with Crippen LogP contribution in [0.1, 0.15) is 24.8 Å². The van der Waals surface area contributed by atoms with Gasteiger partial charge in [-0.25, -0.2) is 4.79 Å². The molecule has 0 spiro atoms. The summed E-state index contributed by atoms with van der Waals surface area (Å²) in [5, 5.41) is 10.1.